The van der Waals surface area contributed by atoms with E-state index in [4.69, 9.17) is 4.74 Å². The van der Waals surface area contributed by atoms with Crippen LogP contribution < -0.4 is 5.32 Å². The van der Waals surface area contributed by atoms with Crippen molar-refractivity contribution in [3.8, 4) is 0 Å². The van der Waals surface area contributed by atoms with Crippen molar-refractivity contribution < 1.29 is 14.3 Å². The predicted molar refractivity (Wildman–Crippen MR) is 73.3 cm³/mol. The van der Waals surface area contributed by atoms with Crippen LogP contribution in [0.4, 0.5) is 0 Å². The Morgan fingerprint density at radius 2 is 2.42 bits per heavy atom. The summed E-state index contributed by atoms with van der Waals surface area (Å²) in [5, 5.41) is 4.62. The normalized spacial score (nSPS) is 19.2. The minimum atomic E-state index is -0.113. The summed E-state index contributed by atoms with van der Waals surface area (Å²) in [5.41, 5.74) is 0. The fourth-order valence-electron chi connectivity index (χ4n) is 1.98. The molecule has 2 heterocycles. The van der Waals surface area contributed by atoms with E-state index in [9.17, 15) is 9.59 Å². The largest absolute Gasteiger partial charge is 0.375 e. The Morgan fingerprint density at radius 1 is 1.58 bits per heavy atom. The maximum Gasteiger partial charge on any atom is 0.261 e. The number of ether oxygens (including phenoxy) is 1. The van der Waals surface area contributed by atoms with E-state index in [-0.39, 0.29) is 17.9 Å². The summed E-state index contributed by atoms with van der Waals surface area (Å²) in [4.78, 5) is 26.1. The van der Waals surface area contributed by atoms with Gasteiger partial charge in [-0.3, -0.25) is 9.59 Å². The molecule has 0 radical (unpaired) electrons. The van der Waals surface area contributed by atoms with Gasteiger partial charge in [0.05, 0.1) is 17.6 Å². The van der Waals surface area contributed by atoms with Crippen molar-refractivity contribution in [2.75, 3.05) is 26.2 Å². The zero-order valence-electron chi connectivity index (χ0n) is 10.9. The molecule has 1 fully saturated rings. The molecule has 2 amide bonds. The van der Waals surface area contributed by atoms with Gasteiger partial charge in [-0.1, -0.05) is 6.07 Å². The van der Waals surface area contributed by atoms with Crippen molar-refractivity contribution in [1.29, 1.82) is 0 Å². The third kappa shape index (κ3) is 4.04. The van der Waals surface area contributed by atoms with E-state index in [0.29, 0.717) is 37.5 Å². The highest BCUT2D eigenvalue weighted by Crippen LogP contribution is 2.08. The molecule has 0 aromatic carbocycles. The first kappa shape index (κ1) is 14.0. The van der Waals surface area contributed by atoms with Gasteiger partial charge in [-0.15, -0.1) is 11.3 Å². The first-order valence-corrected chi connectivity index (χ1v) is 7.26. The second kappa shape index (κ2) is 6.68. The van der Waals surface area contributed by atoms with Crippen LogP contribution in [0.15, 0.2) is 17.5 Å². The summed E-state index contributed by atoms with van der Waals surface area (Å²) >= 11 is 1.39. The third-order valence-electron chi connectivity index (χ3n) is 2.96. The summed E-state index contributed by atoms with van der Waals surface area (Å²) < 4.78 is 5.39. The van der Waals surface area contributed by atoms with Crippen LogP contribution in [0.3, 0.4) is 0 Å². The zero-order chi connectivity index (χ0) is 13.7. The second-order valence-corrected chi connectivity index (χ2v) is 5.45. The zero-order valence-corrected chi connectivity index (χ0v) is 11.7. The van der Waals surface area contributed by atoms with Crippen molar-refractivity contribution in [1.82, 2.24) is 10.2 Å². The van der Waals surface area contributed by atoms with E-state index in [0.717, 1.165) is 0 Å². The molecule has 6 heteroatoms. The van der Waals surface area contributed by atoms with Crippen LogP contribution >= 0.6 is 11.3 Å². The molecule has 0 bridgehead atoms. The number of thiophene rings is 1. The molecule has 2 rings (SSSR count). The van der Waals surface area contributed by atoms with Crippen LogP contribution in [0.1, 0.15) is 23.0 Å². The number of morpholine rings is 1. The van der Waals surface area contributed by atoms with Crippen LogP contribution in [-0.4, -0.2) is 49.1 Å². The Labute approximate surface area is 116 Å². The first-order chi connectivity index (χ1) is 9.16. The summed E-state index contributed by atoms with van der Waals surface area (Å²) in [6.07, 6.45) is 0.433. The minimum absolute atomic E-state index is 0.0710. The van der Waals surface area contributed by atoms with Crippen molar-refractivity contribution in [2.45, 2.75) is 19.4 Å². The molecule has 0 spiro atoms. The predicted octanol–water partition coefficient (Wildman–Crippen LogP) is 1.12. The quantitative estimate of drug-likeness (QED) is 0.900. The van der Waals surface area contributed by atoms with Gasteiger partial charge < -0.3 is 15.0 Å². The molecule has 1 aliphatic rings. The van der Waals surface area contributed by atoms with E-state index in [1.54, 1.807) is 11.0 Å². The van der Waals surface area contributed by atoms with Crippen molar-refractivity contribution in [3.63, 3.8) is 0 Å². The number of hydrogen-bond donors (Lipinski definition) is 1. The molecule has 1 N–H and O–H groups in total. The number of carbonyl (C=O) groups excluding carboxylic acids is 2. The van der Waals surface area contributed by atoms with Gasteiger partial charge >= 0.3 is 0 Å². The smallest absolute Gasteiger partial charge is 0.261 e. The van der Waals surface area contributed by atoms with Gasteiger partial charge in [0.25, 0.3) is 5.91 Å². The fourth-order valence-corrected chi connectivity index (χ4v) is 2.62. The highest BCUT2D eigenvalue weighted by Gasteiger charge is 2.20. The van der Waals surface area contributed by atoms with E-state index in [2.05, 4.69) is 5.32 Å². The molecule has 1 unspecified atom stereocenters. The van der Waals surface area contributed by atoms with Gasteiger partial charge in [0.15, 0.2) is 0 Å². The minimum Gasteiger partial charge on any atom is -0.375 e. The fraction of sp³-hybridized carbons (Fsp3) is 0.538. The monoisotopic (exact) mass is 282 g/mol. The SMILES string of the molecule is CC1CN(C(=O)CCNC(=O)c2cccs2)CCO1. The van der Waals surface area contributed by atoms with E-state index >= 15 is 0 Å². The Kier molecular flexibility index (Phi) is 4.93. The maximum absolute atomic E-state index is 11.9. The average Bonchev–Trinajstić information content (AvgIpc) is 2.92. The molecule has 1 saturated heterocycles. The number of amides is 2. The molecule has 1 aliphatic heterocycles. The number of rotatable bonds is 4. The van der Waals surface area contributed by atoms with Crippen LogP contribution in [0.5, 0.6) is 0 Å². The van der Waals surface area contributed by atoms with Gasteiger partial charge in [0.2, 0.25) is 5.91 Å². The molecule has 5 nitrogen and oxygen atoms in total. The van der Waals surface area contributed by atoms with Gasteiger partial charge in [-0.05, 0) is 18.4 Å². The Morgan fingerprint density at radius 3 is 3.11 bits per heavy atom. The average molecular weight is 282 g/mol. The Bertz CT molecular complexity index is 433. The maximum atomic E-state index is 11.9. The van der Waals surface area contributed by atoms with Crippen LogP contribution in [0, 0.1) is 0 Å². The lowest BCUT2D eigenvalue weighted by Crippen LogP contribution is -2.45. The molecular weight excluding hydrogens is 264 g/mol. The second-order valence-electron chi connectivity index (χ2n) is 4.50. The van der Waals surface area contributed by atoms with E-state index in [1.807, 2.05) is 18.4 Å². The van der Waals surface area contributed by atoms with Gasteiger partial charge in [-0.2, -0.15) is 0 Å². The van der Waals surface area contributed by atoms with Crippen LogP contribution in [0.2, 0.25) is 0 Å². The van der Waals surface area contributed by atoms with Crippen molar-refractivity contribution >= 4 is 23.2 Å². The molecule has 1 atom stereocenters. The molecular formula is C13H18N2O3S. The molecule has 19 heavy (non-hydrogen) atoms. The Balaban J connectivity index is 1.70. The lowest BCUT2D eigenvalue weighted by molar-refractivity contribution is -0.137. The van der Waals surface area contributed by atoms with Gasteiger partial charge in [-0.25, -0.2) is 0 Å². The molecule has 104 valence electrons. The molecule has 0 saturated carbocycles. The Hall–Kier alpha value is -1.40. The van der Waals surface area contributed by atoms with E-state index in [1.165, 1.54) is 11.3 Å². The number of carbonyl (C=O) groups is 2. The summed E-state index contributed by atoms with van der Waals surface area (Å²) in [5.74, 6) is -0.0419. The standard InChI is InChI=1S/C13H18N2O3S/c1-10-9-15(6-7-18-10)12(16)4-5-14-13(17)11-3-2-8-19-11/h2-3,8,10H,4-7,9H2,1H3,(H,14,17). The topological polar surface area (TPSA) is 58.6 Å². The van der Waals surface area contributed by atoms with E-state index < -0.39 is 0 Å². The summed E-state index contributed by atoms with van der Waals surface area (Å²) in [6.45, 7) is 4.20. The lowest BCUT2D eigenvalue weighted by Gasteiger charge is -2.31. The van der Waals surface area contributed by atoms with Crippen molar-refractivity contribution in [2.24, 2.45) is 0 Å². The highest BCUT2D eigenvalue weighted by atomic mass is 32.1. The van der Waals surface area contributed by atoms with Gasteiger partial charge in [0, 0.05) is 26.1 Å². The lowest BCUT2D eigenvalue weighted by atomic mass is 10.2. The van der Waals surface area contributed by atoms with Crippen LogP contribution in [-0.2, 0) is 9.53 Å². The highest BCUT2D eigenvalue weighted by molar-refractivity contribution is 7.12. The molecule has 1 aromatic heterocycles. The number of hydrogen-bond acceptors (Lipinski definition) is 4. The number of nitrogens with zero attached hydrogens (tertiary/aromatic N) is 1. The first-order valence-electron chi connectivity index (χ1n) is 6.38. The molecule has 1 aromatic rings. The number of nitrogens with one attached hydrogen (secondary N) is 1. The van der Waals surface area contributed by atoms with Gasteiger partial charge in [0.1, 0.15) is 0 Å². The third-order valence-corrected chi connectivity index (χ3v) is 3.83. The van der Waals surface area contributed by atoms with Crippen molar-refractivity contribution in [3.05, 3.63) is 22.4 Å². The summed E-state index contributed by atoms with van der Waals surface area (Å²) in [7, 11) is 0. The molecule has 0 aliphatic carbocycles. The van der Waals surface area contributed by atoms with Crippen LogP contribution in [0.25, 0.3) is 0 Å². The summed E-state index contributed by atoms with van der Waals surface area (Å²) in [6, 6.07) is 3.60.